The minimum absolute atomic E-state index is 0.245. The molecule has 0 saturated heterocycles. The van der Waals surface area contributed by atoms with Gasteiger partial charge in [-0.2, -0.15) is 0 Å². The van der Waals surface area contributed by atoms with E-state index in [9.17, 15) is 18.4 Å². The fraction of sp³-hybridized carbons (Fsp3) is 0.333. The average Bonchev–Trinajstić information content (AvgIpc) is 2.55. The van der Waals surface area contributed by atoms with Gasteiger partial charge in [-0.15, -0.1) is 0 Å². The van der Waals surface area contributed by atoms with E-state index in [1.807, 2.05) is 0 Å². The largest absolute Gasteiger partial charge is 0.466 e. The second-order valence-electron chi connectivity index (χ2n) is 5.65. The van der Waals surface area contributed by atoms with Crippen molar-refractivity contribution in [3.63, 3.8) is 0 Å². The minimum atomic E-state index is -1.05. The van der Waals surface area contributed by atoms with Crippen LogP contribution < -0.4 is 0 Å². The van der Waals surface area contributed by atoms with Crippen LogP contribution in [0.25, 0.3) is 0 Å². The molecular formula is C18H18F2O4. The Morgan fingerprint density at radius 1 is 0.958 bits per heavy atom. The molecule has 1 aliphatic rings. The Labute approximate surface area is 138 Å². The van der Waals surface area contributed by atoms with E-state index >= 15 is 0 Å². The highest BCUT2D eigenvalue weighted by atomic mass is 19.2. The average molecular weight is 336 g/mol. The van der Waals surface area contributed by atoms with Gasteiger partial charge in [0, 0.05) is 17.1 Å². The van der Waals surface area contributed by atoms with Crippen LogP contribution in [0.3, 0.4) is 0 Å². The highest BCUT2D eigenvalue weighted by molar-refractivity contribution is 6.00. The van der Waals surface area contributed by atoms with E-state index in [4.69, 9.17) is 9.47 Å². The van der Waals surface area contributed by atoms with Gasteiger partial charge < -0.3 is 9.47 Å². The summed E-state index contributed by atoms with van der Waals surface area (Å²) >= 11 is 0. The lowest BCUT2D eigenvalue weighted by molar-refractivity contribution is -0.137. The van der Waals surface area contributed by atoms with Gasteiger partial charge in [-0.3, -0.25) is 0 Å². The molecule has 1 aromatic rings. The monoisotopic (exact) mass is 336 g/mol. The molecule has 24 heavy (non-hydrogen) atoms. The molecule has 4 nitrogen and oxygen atoms in total. The molecule has 0 spiro atoms. The van der Waals surface area contributed by atoms with Crippen molar-refractivity contribution in [2.45, 2.75) is 26.2 Å². The van der Waals surface area contributed by atoms with E-state index in [2.05, 4.69) is 0 Å². The maximum absolute atomic E-state index is 13.7. The van der Waals surface area contributed by atoms with E-state index < -0.39 is 29.5 Å². The van der Waals surface area contributed by atoms with Crippen LogP contribution in [0, 0.1) is 11.6 Å². The third kappa shape index (κ3) is 3.09. The zero-order valence-corrected chi connectivity index (χ0v) is 13.9. The quantitative estimate of drug-likeness (QED) is 0.794. The number of ether oxygens (including phenoxy) is 2. The van der Waals surface area contributed by atoms with Gasteiger partial charge in [0.1, 0.15) is 0 Å². The van der Waals surface area contributed by atoms with Gasteiger partial charge >= 0.3 is 11.9 Å². The Morgan fingerprint density at radius 3 is 1.88 bits per heavy atom. The first-order valence-electron chi connectivity index (χ1n) is 7.32. The summed E-state index contributed by atoms with van der Waals surface area (Å²) < 4.78 is 36.6. The normalized spacial score (nSPS) is 15.6. The molecule has 128 valence electrons. The molecule has 1 aliphatic carbocycles. The van der Waals surface area contributed by atoms with Crippen LogP contribution in [0.5, 0.6) is 0 Å². The van der Waals surface area contributed by atoms with E-state index in [-0.39, 0.29) is 16.7 Å². The summed E-state index contributed by atoms with van der Waals surface area (Å²) in [7, 11) is 2.46. The topological polar surface area (TPSA) is 52.6 Å². The SMILES string of the molecule is COC(=O)C1=C(C)CC(C)=C(C(=O)OC)C1c1ccc(F)c(F)c1. The molecule has 0 unspecified atom stereocenters. The number of hydrogen-bond acceptors (Lipinski definition) is 4. The first-order chi connectivity index (χ1) is 11.3. The summed E-state index contributed by atoms with van der Waals surface area (Å²) in [4.78, 5) is 24.5. The number of halogens is 2. The Kier molecular flexibility index (Phi) is 5.17. The van der Waals surface area contributed by atoms with Gasteiger partial charge in [-0.1, -0.05) is 17.2 Å². The Bertz CT molecular complexity index is 724. The predicted octanol–water partition coefficient (Wildman–Crippen LogP) is 3.43. The summed E-state index contributed by atoms with van der Waals surface area (Å²) in [5.74, 6) is -4.15. The second kappa shape index (κ2) is 6.95. The van der Waals surface area contributed by atoms with Gasteiger partial charge in [0.15, 0.2) is 11.6 Å². The first kappa shape index (κ1) is 17.8. The third-order valence-corrected chi connectivity index (χ3v) is 4.11. The molecule has 0 aliphatic heterocycles. The van der Waals surface area contributed by atoms with Crippen LogP contribution in [0.1, 0.15) is 31.7 Å². The van der Waals surface area contributed by atoms with Gasteiger partial charge in [0.05, 0.1) is 14.2 Å². The first-order valence-corrected chi connectivity index (χ1v) is 7.32. The lowest BCUT2D eigenvalue weighted by atomic mass is 9.75. The zero-order chi connectivity index (χ0) is 18.0. The van der Waals surface area contributed by atoms with Crippen LogP contribution in [0.15, 0.2) is 40.5 Å². The van der Waals surface area contributed by atoms with Gasteiger partial charge in [-0.05, 0) is 38.0 Å². The number of allylic oxidation sites excluding steroid dienone is 2. The summed E-state index contributed by atoms with van der Waals surface area (Å²) in [6, 6.07) is 3.30. The van der Waals surface area contributed by atoms with E-state index in [0.717, 1.165) is 12.1 Å². The van der Waals surface area contributed by atoms with E-state index in [0.29, 0.717) is 17.6 Å². The van der Waals surface area contributed by atoms with Crippen molar-refractivity contribution in [1.82, 2.24) is 0 Å². The van der Waals surface area contributed by atoms with Crippen molar-refractivity contribution in [2.24, 2.45) is 0 Å². The van der Waals surface area contributed by atoms with E-state index in [1.54, 1.807) is 13.8 Å². The molecule has 0 fully saturated rings. The highest BCUT2D eigenvalue weighted by Crippen LogP contribution is 2.42. The van der Waals surface area contributed by atoms with Gasteiger partial charge in [0.25, 0.3) is 0 Å². The molecule has 2 rings (SSSR count). The van der Waals surface area contributed by atoms with Gasteiger partial charge in [-0.25, -0.2) is 18.4 Å². The molecule has 0 atom stereocenters. The lowest BCUT2D eigenvalue weighted by Gasteiger charge is -2.29. The molecule has 1 aromatic carbocycles. The molecule has 0 saturated carbocycles. The maximum Gasteiger partial charge on any atom is 0.334 e. The zero-order valence-electron chi connectivity index (χ0n) is 13.9. The van der Waals surface area contributed by atoms with Crippen LogP contribution in [-0.2, 0) is 19.1 Å². The molecule has 0 bridgehead atoms. The van der Waals surface area contributed by atoms with Crippen LogP contribution >= 0.6 is 0 Å². The summed E-state index contributed by atoms with van der Waals surface area (Å²) in [5, 5.41) is 0. The van der Waals surface area contributed by atoms with Crippen molar-refractivity contribution in [3.8, 4) is 0 Å². The Morgan fingerprint density at radius 2 is 1.46 bits per heavy atom. The number of hydrogen-bond donors (Lipinski definition) is 0. The highest BCUT2D eigenvalue weighted by Gasteiger charge is 2.37. The molecular weight excluding hydrogens is 318 g/mol. The van der Waals surface area contributed by atoms with Crippen molar-refractivity contribution < 1.29 is 27.8 Å². The lowest BCUT2D eigenvalue weighted by Crippen LogP contribution is -2.26. The molecule has 0 amide bonds. The number of methoxy groups -OCH3 is 2. The van der Waals surface area contributed by atoms with Crippen molar-refractivity contribution in [3.05, 3.63) is 57.7 Å². The van der Waals surface area contributed by atoms with Gasteiger partial charge in [0.2, 0.25) is 0 Å². The number of carbonyl (C=O) groups excluding carboxylic acids is 2. The van der Waals surface area contributed by atoms with Crippen molar-refractivity contribution in [1.29, 1.82) is 0 Å². The van der Waals surface area contributed by atoms with Crippen LogP contribution in [0.4, 0.5) is 8.78 Å². The number of rotatable bonds is 3. The molecule has 6 heteroatoms. The number of esters is 2. The number of benzene rings is 1. The maximum atomic E-state index is 13.7. The molecule has 0 radical (unpaired) electrons. The molecule has 0 heterocycles. The van der Waals surface area contributed by atoms with Crippen molar-refractivity contribution >= 4 is 11.9 Å². The molecule has 0 aromatic heterocycles. The summed E-state index contributed by atoms with van der Waals surface area (Å²) in [5.41, 5.74) is 2.19. The van der Waals surface area contributed by atoms with E-state index in [1.165, 1.54) is 20.3 Å². The van der Waals surface area contributed by atoms with Crippen LogP contribution in [-0.4, -0.2) is 26.2 Å². The minimum Gasteiger partial charge on any atom is -0.466 e. The fourth-order valence-corrected chi connectivity index (χ4v) is 3.05. The Balaban J connectivity index is 2.71. The standard InChI is InChI=1S/C18H18F2O4/c1-9-7-10(2)15(18(22)24-4)16(14(9)17(21)23-3)11-5-6-12(19)13(20)8-11/h5-6,8,16H,7H2,1-4H3. The summed E-state index contributed by atoms with van der Waals surface area (Å²) in [6.45, 7) is 3.49. The van der Waals surface area contributed by atoms with Crippen molar-refractivity contribution in [2.75, 3.05) is 14.2 Å². The van der Waals surface area contributed by atoms with Crippen LogP contribution in [0.2, 0.25) is 0 Å². The second-order valence-corrected chi connectivity index (χ2v) is 5.65. The third-order valence-electron chi connectivity index (χ3n) is 4.11. The number of carbonyl (C=O) groups is 2. The summed E-state index contributed by atoms with van der Waals surface area (Å²) in [6.07, 6.45) is 0.398. The smallest absolute Gasteiger partial charge is 0.334 e. The molecule has 0 N–H and O–H groups in total. The predicted molar refractivity (Wildman–Crippen MR) is 83.1 cm³/mol. The fourth-order valence-electron chi connectivity index (χ4n) is 3.05. The Hall–Kier alpha value is -2.50.